The van der Waals surface area contributed by atoms with Gasteiger partial charge >= 0.3 is 5.97 Å². The Morgan fingerprint density at radius 3 is 2.56 bits per heavy atom. The Kier molecular flexibility index (Phi) is 7.22. The fourth-order valence-corrected chi connectivity index (χ4v) is 9.37. The number of hydrogen-bond acceptors (Lipinski definition) is 3. The van der Waals surface area contributed by atoms with E-state index < -0.39 is 0 Å². The SMILES string of the molecule is CC(=O)CCC[C@@H](C)[C@@H]1CC[C@@H]2[C@H]3CC=C4C[C@@H](OC(=O)c5ccccc5)CC[C@]4(C)[C@@H]3CC[C@@]21C. The van der Waals surface area contributed by atoms with Gasteiger partial charge in [-0.15, -0.1) is 0 Å². The first-order valence-corrected chi connectivity index (χ1v) is 14.7. The molecule has 3 heteroatoms. The highest BCUT2D eigenvalue weighted by atomic mass is 16.5. The molecule has 0 amide bonds. The number of ketones is 1. The molecule has 5 rings (SSSR count). The van der Waals surface area contributed by atoms with E-state index in [4.69, 9.17) is 4.74 Å². The Balaban J connectivity index is 1.26. The number of carbonyl (C=O) groups excluding carboxylic acids is 2. The van der Waals surface area contributed by atoms with Gasteiger partial charge in [0, 0.05) is 12.8 Å². The zero-order valence-corrected chi connectivity index (χ0v) is 22.9. The smallest absolute Gasteiger partial charge is 0.338 e. The molecule has 0 bridgehead atoms. The predicted molar refractivity (Wildman–Crippen MR) is 145 cm³/mol. The lowest BCUT2D eigenvalue weighted by Crippen LogP contribution is -2.51. The molecule has 0 saturated heterocycles. The van der Waals surface area contributed by atoms with Crippen molar-refractivity contribution in [3.8, 4) is 0 Å². The molecule has 8 atom stereocenters. The molecular weight excluding hydrogens is 444 g/mol. The minimum absolute atomic E-state index is 0.00847. The summed E-state index contributed by atoms with van der Waals surface area (Å²) in [6, 6.07) is 9.42. The fourth-order valence-electron chi connectivity index (χ4n) is 9.37. The lowest BCUT2D eigenvalue weighted by atomic mass is 9.47. The van der Waals surface area contributed by atoms with Crippen LogP contribution in [0.15, 0.2) is 42.0 Å². The van der Waals surface area contributed by atoms with Gasteiger partial charge in [-0.2, -0.15) is 0 Å². The molecule has 0 heterocycles. The van der Waals surface area contributed by atoms with Crippen LogP contribution in [-0.2, 0) is 9.53 Å². The molecule has 0 spiro atoms. The van der Waals surface area contributed by atoms with Gasteiger partial charge in [-0.05, 0) is 111 Å². The molecule has 0 aromatic heterocycles. The zero-order chi connectivity index (χ0) is 25.5. The van der Waals surface area contributed by atoms with Crippen LogP contribution < -0.4 is 0 Å². The first kappa shape index (κ1) is 25.7. The molecule has 0 aliphatic heterocycles. The lowest BCUT2D eigenvalue weighted by Gasteiger charge is -2.58. The number of ether oxygens (including phenoxy) is 1. The largest absolute Gasteiger partial charge is 0.458 e. The predicted octanol–water partition coefficient (Wildman–Crippen LogP) is 8.19. The highest BCUT2D eigenvalue weighted by Gasteiger charge is 2.59. The van der Waals surface area contributed by atoms with Gasteiger partial charge in [-0.25, -0.2) is 4.79 Å². The van der Waals surface area contributed by atoms with Crippen molar-refractivity contribution in [3.63, 3.8) is 0 Å². The van der Waals surface area contributed by atoms with Crippen LogP contribution in [-0.4, -0.2) is 17.9 Å². The third-order valence-corrected chi connectivity index (χ3v) is 11.3. The quantitative estimate of drug-likeness (QED) is 0.286. The second-order valence-electron chi connectivity index (χ2n) is 13.2. The van der Waals surface area contributed by atoms with Crippen LogP contribution in [0.5, 0.6) is 0 Å². The van der Waals surface area contributed by atoms with Crippen molar-refractivity contribution in [2.45, 2.75) is 104 Å². The van der Waals surface area contributed by atoms with Gasteiger partial charge in [0.05, 0.1) is 5.56 Å². The highest BCUT2D eigenvalue weighted by molar-refractivity contribution is 5.89. The van der Waals surface area contributed by atoms with Crippen molar-refractivity contribution in [2.75, 3.05) is 0 Å². The topological polar surface area (TPSA) is 43.4 Å². The number of fused-ring (bicyclic) bond motifs is 5. The Morgan fingerprint density at radius 1 is 1.03 bits per heavy atom. The van der Waals surface area contributed by atoms with Crippen LogP contribution in [0, 0.1) is 40.4 Å². The van der Waals surface area contributed by atoms with E-state index in [1.54, 1.807) is 12.5 Å². The second-order valence-corrected chi connectivity index (χ2v) is 13.2. The number of hydrogen-bond donors (Lipinski definition) is 0. The molecular formula is C33H46O3. The summed E-state index contributed by atoms with van der Waals surface area (Å²) in [5.41, 5.74) is 2.95. The van der Waals surface area contributed by atoms with Crippen LogP contribution in [0.1, 0.15) is 109 Å². The summed E-state index contributed by atoms with van der Waals surface area (Å²) in [6.45, 7) is 9.34. The van der Waals surface area contributed by atoms with Crippen molar-refractivity contribution in [1.82, 2.24) is 0 Å². The Morgan fingerprint density at radius 2 is 1.81 bits per heavy atom. The number of esters is 1. The summed E-state index contributed by atoms with van der Waals surface area (Å²) in [7, 11) is 0. The van der Waals surface area contributed by atoms with E-state index in [-0.39, 0.29) is 17.5 Å². The molecule has 0 radical (unpaired) electrons. The average molecular weight is 491 g/mol. The molecule has 3 saturated carbocycles. The molecule has 1 aromatic carbocycles. The first-order valence-electron chi connectivity index (χ1n) is 14.7. The fraction of sp³-hybridized carbons (Fsp3) is 0.697. The normalized spacial score (nSPS) is 38.2. The van der Waals surface area contributed by atoms with Crippen LogP contribution in [0.25, 0.3) is 0 Å². The lowest BCUT2D eigenvalue weighted by molar-refractivity contribution is -0.117. The van der Waals surface area contributed by atoms with Gasteiger partial charge in [0.2, 0.25) is 0 Å². The van der Waals surface area contributed by atoms with Crippen LogP contribution in [0.3, 0.4) is 0 Å². The van der Waals surface area contributed by atoms with Gasteiger partial charge in [-0.1, -0.05) is 57.0 Å². The van der Waals surface area contributed by atoms with E-state index in [1.165, 1.54) is 38.5 Å². The van der Waals surface area contributed by atoms with E-state index in [0.29, 0.717) is 16.8 Å². The van der Waals surface area contributed by atoms with Gasteiger partial charge < -0.3 is 9.53 Å². The summed E-state index contributed by atoms with van der Waals surface area (Å²) in [6.07, 6.45) is 15.3. The molecule has 196 valence electrons. The van der Waals surface area contributed by atoms with Crippen molar-refractivity contribution in [1.29, 1.82) is 0 Å². The summed E-state index contributed by atoms with van der Waals surface area (Å²) < 4.78 is 5.98. The second kappa shape index (κ2) is 10.1. The van der Waals surface area contributed by atoms with Crippen LogP contribution in [0.4, 0.5) is 0 Å². The summed E-state index contributed by atoms with van der Waals surface area (Å²) in [5.74, 6) is 4.09. The number of rotatable bonds is 7. The third kappa shape index (κ3) is 4.61. The molecule has 1 aromatic rings. The van der Waals surface area contributed by atoms with Crippen molar-refractivity contribution in [2.24, 2.45) is 40.4 Å². The molecule has 36 heavy (non-hydrogen) atoms. The van der Waals surface area contributed by atoms with E-state index in [0.717, 1.165) is 61.7 Å². The number of Topliss-reactive ketones (excluding diaryl/α,β-unsaturated/α-hetero) is 1. The van der Waals surface area contributed by atoms with Crippen LogP contribution >= 0.6 is 0 Å². The zero-order valence-electron chi connectivity index (χ0n) is 22.9. The summed E-state index contributed by atoms with van der Waals surface area (Å²) in [4.78, 5) is 24.1. The molecule has 3 fully saturated rings. The monoisotopic (exact) mass is 490 g/mol. The minimum Gasteiger partial charge on any atom is -0.458 e. The maximum Gasteiger partial charge on any atom is 0.338 e. The molecule has 4 aliphatic carbocycles. The number of benzene rings is 1. The van der Waals surface area contributed by atoms with Crippen molar-refractivity contribution >= 4 is 11.8 Å². The Labute approximate surface area is 218 Å². The third-order valence-electron chi connectivity index (χ3n) is 11.3. The van der Waals surface area contributed by atoms with Gasteiger partial charge in [-0.3, -0.25) is 0 Å². The van der Waals surface area contributed by atoms with Crippen molar-refractivity contribution in [3.05, 3.63) is 47.5 Å². The van der Waals surface area contributed by atoms with E-state index in [1.807, 2.05) is 30.3 Å². The molecule has 0 unspecified atom stereocenters. The Bertz CT molecular complexity index is 995. The van der Waals surface area contributed by atoms with E-state index >= 15 is 0 Å². The number of carbonyl (C=O) groups is 2. The van der Waals surface area contributed by atoms with Gasteiger partial charge in [0.15, 0.2) is 0 Å². The first-order chi connectivity index (χ1) is 17.2. The van der Waals surface area contributed by atoms with E-state index in [9.17, 15) is 9.59 Å². The van der Waals surface area contributed by atoms with Gasteiger partial charge in [0.1, 0.15) is 11.9 Å². The number of allylic oxidation sites excluding steroid dienone is 1. The summed E-state index contributed by atoms with van der Waals surface area (Å²) in [5, 5.41) is 0. The standard InChI is InChI=1S/C33H46O3/c1-22(9-8-10-23(2)34)28-15-16-29-27-14-13-25-21-26(36-31(35)24-11-6-5-7-12-24)17-19-32(25,3)30(27)18-20-33(28,29)4/h5-7,11-13,22,26-30H,8-10,14-21H2,1-4H3/t22-,26+,27-,28+,29-,30-,32+,33-/m1/s1. The maximum atomic E-state index is 12.7. The Hall–Kier alpha value is -1.90. The van der Waals surface area contributed by atoms with Crippen LogP contribution in [0.2, 0.25) is 0 Å². The summed E-state index contributed by atoms with van der Waals surface area (Å²) >= 11 is 0. The van der Waals surface area contributed by atoms with Crippen molar-refractivity contribution < 1.29 is 14.3 Å². The van der Waals surface area contributed by atoms with E-state index in [2.05, 4.69) is 26.8 Å². The maximum absolute atomic E-state index is 12.7. The molecule has 3 nitrogen and oxygen atoms in total. The molecule has 0 N–H and O–H groups in total. The molecule has 4 aliphatic rings. The average Bonchev–Trinajstić information content (AvgIpc) is 3.22. The minimum atomic E-state index is -0.179. The highest BCUT2D eigenvalue weighted by Crippen LogP contribution is 2.67. The van der Waals surface area contributed by atoms with Gasteiger partial charge in [0.25, 0.3) is 0 Å².